The number of aryl methyl sites for hydroxylation is 2. The summed E-state index contributed by atoms with van der Waals surface area (Å²) in [6.07, 6.45) is 0. The van der Waals surface area contributed by atoms with Crippen molar-refractivity contribution >= 4 is 23.2 Å². The van der Waals surface area contributed by atoms with Gasteiger partial charge in [-0.2, -0.15) is 0 Å². The molecule has 0 saturated heterocycles. The summed E-state index contributed by atoms with van der Waals surface area (Å²) in [6, 6.07) is 9.56. The van der Waals surface area contributed by atoms with Crippen molar-refractivity contribution in [1.29, 1.82) is 0 Å². The number of hydrogen-bond donors (Lipinski definition) is 2. The van der Waals surface area contributed by atoms with Gasteiger partial charge in [0.1, 0.15) is 0 Å². The third kappa shape index (κ3) is 4.35. The molecule has 0 aliphatic carbocycles. The van der Waals surface area contributed by atoms with Crippen LogP contribution in [-0.4, -0.2) is 21.7 Å². The molecule has 2 aromatic rings. The average molecular weight is 328 g/mol. The van der Waals surface area contributed by atoms with Gasteiger partial charge in [0.05, 0.1) is 17.2 Å². The monoisotopic (exact) mass is 328 g/mol. The predicted octanol–water partition coefficient (Wildman–Crippen LogP) is 1.86. The van der Waals surface area contributed by atoms with Crippen molar-refractivity contribution in [1.82, 2.24) is 10.3 Å². The summed E-state index contributed by atoms with van der Waals surface area (Å²) < 4.78 is 0. The van der Waals surface area contributed by atoms with Gasteiger partial charge in [-0.1, -0.05) is 12.1 Å². The number of amides is 2. The van der Waals surface area contributed by atoms with Crippen LogP contribution in [0.5, 0.6) is 0 Å². The smallest absolute Gasteiger partial charge is 0.313 e. The van der Waals surface area contributed by atoms with Gasteiger partial charge in [-0.3, -0.25) is 24.7 Å². The Morgan fingerprint density at radius 1 is 1.17 bits per heavy atom. The quantitative estimate of drug-likeness (QED) is 0.505. The van der Waals surface area contributed by atoms with Gasteiger partial charge >= 0.3 is 11.8 Å². The van der Waals surface area contributed by atoms with Gasteiger partial charge in [-0.15, -0.1) is 0 Å². The fourth-order valence-electron chi connectivity index (χ4n) is 2.02. The van der Waals surface area contributed by atoms with Crippen LogP contribution >= 0.6 is 0 Å². The van der Waals surface area contributed by atoms with Crippen LogP contribution in [-0.2, 0) is 16.1 Å². The van der Waals surface area contributed by atoms with Crippen LogP contribution in [0, 0.1) is 24.0 Å². The highest BCUT2D eigenvalue weighted by Gasteiger charge is 2.16. The first-order valence-electron chi connectivity index (χ1n) is 7.13. The summed E-state index contributed by atoms with van der Waals surface area (Å²) in [5.74, 6) is -1.75. The number of nitro groups is 1. The molecule has 8 heteroatoms. The Kier molecular flexibility index (Phi) is 5.20. The number of nitrogens with one attached hydrogen (secondary N) is 2. The summed E-state index contributed by atoms with van der Waals surface area (Å²) in [5.41, 5.74) is 1.95. The molecule has 0 unspecified atom stereocenters. The lowest BCUT2D eigenvalue weighted by molar-refractivity contribution is -0.385. The van der Waals surface area contributed by atoms with Crippen LogP contribution in [0.1, 0.15) is 17.0 Å². The van der Waals surface area contributed by atoms with Gasteiger partial charge in [0.2, 0.25) is 0 Å². The molecule has 124 valence electrons. The van der Waals surface area contributed by atoms with Gasteiger partial charge in [-0.05, 0) is 32.0 Å². The zero-order valence-electron chi connectivity index (χ0n) is 13.2. The van der Waals surface area contributed by atoms with E-state index in [-0.39, 0.29) is 17.9 Å². The Hall–Kier alpha value is -3.29. The van der Waals surface area contributed by atoms with Gasteiger partial charge < -0.3 is 10.6 Å². The Morgan fingerprint density at radius 3 is 2.58 bits per heavy atom. The van der Waals surface area contributed by atoms with Crippen LogP contribution in [0.25, 0.3) is 0 Å². The summed E-state index contributed by atoms with van der Waals surface area (Å²) in [4.78, 5) is 38.2. The Morgan fingerprint density at radius 2 is 1.92 bits per heavy atom. The molecule has 2 amide bonds. The van der Waals surface area contributed by atoms with Crippen molar-refractivity contribution in [2.45, 2.75) is 20.4 Å². The van der Waals surface area contributed by atoms with Gasteiger partial charge in [0.25, 0.3) is 5.69 Å². The number of carbonyl (C=O) groups excluding carboxylic acids is 2. The molecule has 24 heavy (non-hydrogen) atoms. The van der Waals surface area contributed by atoms with E-state index < -0.39 is 16.7 Å². The SMILES string of the molecule is Cc1cccc(CNC(=O)C(=O)Nc2ccc(C)c([N+](=O)[O-])c2)n1. The zero-order valence-corrected chi connectivity index (χ0v) is 13.2. The molecule has 1 aromatic carbocycles. The van der Waals surface area contributed by atoms with Crippen molar-refractivity contribution in [2.24, 2.45) is 0 Å². The first-order chi connectivity index (χ1) is 11.4. The maximum absolute atomic E-state index is 11.9. The zero-order chi connectivity index (χ0) is 17.7. The van der Waals surface area contributed by atoms with E-state index in [4.69, 9.17) is 0 Å². The van der Waals surface area contributed by atoms with E-state index in [1.165, 1.54) is 18.2 Å². The van der Waals surface area contributed by atoms with E-state index >= 15 is 0 Å². The number of anilines is 1. The second-order valence-corrected chi connectivity index (χ2v) is 5.17. The largest absolute Gasteiger partial charge is 0.342 e. The molecule has 0 fully saturated rings. The highest BCUT2D eigenvalue weighted by Crippen LogP contribution is 2.22. The third-order valence-corrected chi connectivity index (χ3v) is 3.25. The lowest BCUT2D eigenvalue weighted by Crippen LogP contribution is -2.35. The Labute approximate surface area is 138 Å². The van der Waals surface area contributed by atoms with Crippen LogP contribution in [0.2, 0.25) is 0 Å². The molecule has 0 aliphatic rings. The van der Waals surface area contributed by atoms with Crippen LogP contribution in [0.15, 0.2) is 36.4 Å². The molecule has 0 saturated carbocycles. The fraction of sp³-hybridized carbons (Fsp3) is 0.188. The van der Waals surface area contributed by atoms with Gasteiger partial charge in [-0.25, -0.2) is 0 Å². The molecule has 2 N–H and O–H groups in total. The lowest BCUT2D eigenvalue weighted by atomic mass is 10.2. The minimum Gasteiger partial charge on any atom is -0.342 e. The number of nitro benzene ring substituents is 1. The maximum atomic E-state index is 11.9. The lowest BCUT2D eigenvalue weighted by Gasteiger charge is -2.07. The summed E-state index contributed by atoms with van der Waals surface area (Å²) in [5, 5.41) is 15.7. The Balaban J connectivity index is 1.98. The molecule has 1 aromatic heterocycles. The van der Waals surface area contributed by atoms with E-state index in [1.54, 1.807) is 19.1 Å². The normalized spacial score (nSPS) is 10.1. The third-order valence-electron chi connectivity index (χ3n) is 3.25. The predicted molar refractivity (Wildman–Crippen MR) is 87.3 cm³/mol. The molecule has 0 atom stereocenters. The molecule has 0 radical (unpaired) electrons. The summed E-state index contributed by atoms with van der Waals surface area (Å²) in [7, 11) is 0. The summed E-state index contributed by atoms with van der Waals surface area (Å²) >= 11 is 0. The highest BCUT2D eigenvalue weighted by molar-refractivity contribution is 6.39. The molecule has 0 aliphatic heterocycles. The number of pyridine rings is 1. The van der Waals surface area contributed by atoms with Gasteiger partial charge in [0, 0.05) is 23.0 Å². The molecule has 0 bridgehead atoms. The van der Waals surface area contributed by atoms with E-state index in [0.29, 0.717) is 11.3 Å². The van der Waals surface area contributed by atoms with E-state index in [2.05, 4.69) is 15.6 Å². The molecule has 8 nitrogen and oxygen atoms in total. The number of benzene rings is 1. The van der Waals surface area contributed by atoms with Crippen molar-refractivity contribution in [2.75, 3.05) is 5.32 Å². The fourth-order valence-corrected chi connectivity index (χ4v) is 2.02. The first-order valence-corrected chi connectivity index (χ1v) is 7.13. The second kappa shape index (κ2) is 7.32. The molecular formula is C16H16N4O4. The summed E-state index contributed by atoms with van der Waals surface area (Å²) in [6.45, 7) is 3.52. The molecule has 0 spiro atoms. The van der Waals surface area contributed by atoms with Crippen LogP contribution in [0.4, 0.5) is 11.4 Å². The highest BCUT2D eigenvalue weighted by atomic mass is 16.6. The van der Waals surface area contributed by atoms with Gasteiger partial charge in [0.15, 0.2) is 0 Å². The van der Waals surface area contributed by atoms with Crippen molar-refractivity contribution < 1.29 is 14.5 Å². The number of nitrogens with zero attached hydrogens (tertiary/aromatic N) is 2. The van der Waals surface area contributed by atoms with E-state index in [1.807, 2.05) is 13.0 Å². The Bertz CT molecular complexity index is 804. The first kappa shape index (κ1) is 17.1. The van der Waals surface area contributed by atoms with Crippen molar-refractivity contribution in [3.05, 3.63) is 63.5 Å². The average Bonchev–Trinajstić information content (AvgIpc) is 2.54. The molecular weight excluding hydrogens is 312 g/mol. The van der Waals surface area contributed by atoms with Crippen molar-refractivity contribution in [3.63, 3.8) is 0 Å². The number of aromatic nitrogens is 1. The topological polar surface area (TPSA) is 114 Å². The van der Waals surface area contributed by atoms with E-state index in [9.17, 15) is 19.7 Å². The van der Waals surface area contributed by atoms with Crippen LogP contribution in [0.3, 0.4) is 0 Å². The van der Waals surface area contributed by atoms with E-state index in [0.717, 1.165) is 5.69 Å². The minimum atomic E-state index is -0.902. The number of hydrogen-bond acceptors (Lipinski definition) is 5. The van der Waals surface area contributed by atoms with Crippen molar-refractivity contribution in [3.8, 4) is 0 Å². The molecule has 2 rings (SSSR count). The number of rotatable bonds is 4. The number of carbonyl (C=O) groups is 2. The minimum absolute atomic E-state index is 0.113. The van der Waals surface area contributed by atoms with Crippen LogP contribution < -0.4 is 10.6 Å². The maximum Gasteiger partial charge on any atom is 0.313 e. The molecule has 1 heterocycles. The second-order valence-electron chi connectivity index (χ2n) is 5.17. The standard InChI is InChI=1S/C16H16N4O4/c1-10-6-7-12(8-14(10)20(23)24)19-16(22)15(21)17-9-13-5-3-4-11(2)18-13/h3-8H,9H2,1-2H3,(H,17,21)(H,19,22).